The van der Waals surface area contributed by atoms with E-state index in [-0.39, 0.29) is 12.5 Å². The van der Waals surface area contributed by atoms with Gasteiger partial charge in [-0.25, -0.2) is 4.79 Å². The number of nitrogens with zero attached hydrogens (tertiary/aromatic N) is 1. The normalized spacial score (nSPS) is 19.4. The van der Waals surface area contributed by atoms with E-state index in [1.54, 1.807) is 0 Å². The third kappa shape index (κ3) is 6.33. The highest BCUT2D eigenvalue weighted by Gasteiger charge is 2.36. The molecule has 1 rings (SSSR count). The molecule has 0 unspecified atom stereocenters. The Morgan fingerprint density at radius 2 is 1.88 bits per heavy atom. The van der Waals surface area contributed by atoms with Crippen LogP contribution < -0.4 is 16.4 Å². The average molecular weight is 356 g/mol. The second-order valence-corrected chi connectivity index (χ2v) is 6.77. The van der Waals surface area contributed by atoms with E-state index in [0.717, 1.165) is 0 Å². The van der Waals surface area contributed by atoms with Crippen molar-refractivity contribution >= 4 is 23.7 Å². The largest absolute Gasteiger partial charge is 0.480 e. The van der Waals surface area contributed by atoms with E-state index < -0.39 is 41.8 Å². The number of carbonyl (C=O) groups excluding carboxylic acids is 3. The molecule has 0 radical (unpaired) electrons. The highest BCUT2D eigenvalue weighted by molar-refractivity contribution is 5.92. The van der Waals surface area contributed by atoms with E-state index in [4.69, 9.17) is 10.8 Å². The smallest absolute Gasteiger partial charge is 0.326 e. The zero-order chi connectivity index (χ0) is 19.1. The van der Waals surface area contributed by atoms with Crippen molar-refractivity contribution in [2.24, 2.45) is 11.7 Å². The Bertz CT molecular complexity index is 523. The standard InChI is InChI=1S/C16H28N4O5/c1-9(2)7-11(17)14(22)18-8-13(21)19-10(3)15(23)20-6-4-5-12(20)16(24)25/h9-12H,4-8,17H2,1-3H3,(H,18,22)(H,19,21)(H,24,25)/t10-,11-,12-/m0/s1. The van der Waals surface area contributed by atoms with Crippen LogP contribution in [0.3, 0.4) is 0 Å². The molecular formula is C16H28N4O5. The monoisotopic (exact) mass is 356 g/mol. The first kappa shape index (κ1) is 20.9. The summed E-state index contributed by atoms with van der Waals surface area (Å²) < 4.78 is 0. The second-order valence-electron chi connectivity index (χ2n) is 6.77. The molecule has 0 spiro atoms. The van der Waals surface area contributed by atoms with E-state index in [1.165, 1.54) is 11.8 Å². The molecule has 1 heterocycles. The van der Waals surface area contributed by atoms with Crippen LogP contribution in [0.4, 0.5) is 0 Å². The molecule has 1 aliphatic rings. The van der Waals surface area contributed by atoms with Crippen molar-refractivity contribution in [3.05, 3.63) is 0 Å². The summed E-state index contributed by atoms with van der Waals surface area (Å²) in [5.74, 6) is -2.18. The van der Waals surface area contributed by atoms with E-state index in [1.807, 2.05) is 13.8 Å². The Labute approximate surface area is 147 Å². The minimum atomic E-state index is -1.05. The molecule has 3 atom stereocenters. The Hall–Kier alpha value is -2.16. The summed E-state index contributed by atoms with van der Waals surface area (Å²) in [5, 5.41) is 14.0. The van der Waals surface area contributed by atoms with Crippen LogP contribution in [0, 0.1) is 5.92 Å². The van der Waals surface area contributed by atoms with Gasteiger partial charge in [0.15, 0.2) is 0 Å². The highest BCUT2D eigenvalue weighted by atomic mass is 16.4. The predicted octanol–water partition coefficient (Wildman–Crippen LogP) is -0.944. The number of nitrogens with one attached hydrogen (secondary N) is 2. The Balaban J connectivity index is 2.44. The quantitative estimate of drug-likeness (QED) is 0.442. The van der Waals surface area contributed by atoms with Gasteiger partial charge < -0.3 is 26.4 Å². The van der Waals surface area contributed by atoms with Crippen molar-refractivity contribution in [1.29, 1.82) is 0 Å². The summed E-state index contributed by atoms with van der Waals surface area (Å²) in [6, 6.07) is -2.40. The van der Waals surface area contributed by atoms with Gasteiger partial charge in [0.2, 0.25) is 17.7 Å². The fraction of sp³-hybridized carbons (Fsp3) is 0.750. The van der Waals surface area contributed by atoms with Crippen LogP contribution in [0.2, 0.25) is 0 Å². The van der Waals surface area contributed by atoms with Crippen molar-refractivity contribution in [2.75, 3.05) is 13.1 Å². The SMILES string of the molecule is CC(C)C[C@H](N)C(=O)NCC(=O)N[C@@H](C)C(=O)N1CCC[C@H]1C(=O)O. The van der Waals surface area contributed by atoms with Crippen LogP contribution in [0.25, 0.3) is 0 Å². The summed E-state index contributed by atoms with van der Waals surface area (Å²) in [7, 11) is 0. The highest BCUT2D eigenvalue weighted by Crippen LogP contribution is 2.18. The molecule has 3 amide bonds. The first-order valence-corrected chi connectivity index (χ1v) is 8.49. The van der Waals surface area contributed by atoms with Crippen molar-refractivity contribution in [3.63, 3.8) is 0 Å². The minimum absolute atomic E-state index is 0.259. The van der Waals surface area contributed by atoms with Crippen LogP contribution in [-0.2, 0) is 19.2 Å². The molecule has 5 N–H and O–H groups in total. The van der Waals surface area contributed by atoms with Gasteiger partial charge in [0, 0.05) is 6.54 Å². The van der Waals surface area contributed by atoms with E-state index in [0.29, 0.717) is 25.8 Å². The van der Waals surface area contributed by atoms with E-state index in [9.17, 15) is 19.2 Å². The summed E-state index contributed by atoms with van der Waals surface area (Å²) in [6.07, 6.45) is 1.53. The predicted molar refractivity (Wildman–Crippen MR) is 90.4 cm³/mol. The summed E-state index contributed by atoms with van der Waals surface area (Å²) >= 11 is 0. The van der Waals surface area contributed by atoms with Gasteiger partial charge in [-0.3, -0.25) is 14.4 Å². The molecule has 0 bridgehead atoms. The number of aliphatic carboxylic acids is 1. The zero-order valence-corrected chi connectivity index (χ0v) is 14.9. The van der Waals surface area contributed by atoms with Gasteiger partial charge in [-0.05, 0) is 32.1 Å². The van der Waals surface area contributed by atoms with Crippen molar-refractivity contribution in [2.45, 2.75) is 58.2 Å². The number of hydrogen-bond acceptors (Lipinski definition) is 5. The number of nitrogens with two attached hydrogens (primary N) is 1. The Morgan fingerprint density at radius 1 is 1.24 bits per heavy atom. The lowest BCUT2D eigenvalue weighted by Crippen LogP contribution is -2.52. The van der Waals surface area contributed by atoms with Gasteiger partial charge in [-0.2, -0.15) is 0 Å². The van der Waals surface area contributed by atoms with Crippen molar-refractivity contribution < 1.29 is 24.3 Å². The first-order valence-electron chi connectivity index (χ1n) is 8.49. The third-order valence-electron chi connectivity index (χ3n) is 4.05. The summed E-state index contributed by atoms with van der Waals surface area (Å²) in [5.41, 5.74) is 5.72. The van der Waals surface area contributed by atoms with Crippen LogP contribution >= 0.6 is 0 Å². The molecule has 25 heavy (non-hydrogen) atoms. The van der Waals surface area contributed by atoms with Crippen LogP contribution in [0.1, 0.15) is 40.0 Å². The van der Waals surface area contributed by atoms with Gasteiger partial charge in [0.25, 0.3) is 0 Å². The lowest BCUT2D eigenvalue weighted by molar-refractivity contribution is -0.149. The summed E-state index contributed by atoms with van der Waals surface area (Å²) in [6.45, 7) is 5.44. The number of likely N-dealkylation sites (tertiary alicyclic amines) is 1. The third-order valence-corrected chi connectivity index (χ3v) is 4.05. The van der Waals surface area contributed by atoms with Gasteiger partial charge in [0.05, 0.1) is 12.6 Å². The van der Waals surface area contributed by atoms with Gasteiger partial charge >= 0.3 is 5.97 Å². The molecular weight excluding hydrogens is 328 g/mol. The average Bonchev–Trinajstić information content (AvgIpc) is 3.00. The molecule has 0 aromatic carbocycles. The van der Waals surface area contributed by atoms with E-state index in [2.05, 4.69) is 10.6 Å². The maximum atomic E-state index is 12.3. The molecule has 1 saturated heterocycles. The molecule has 0 aromatic heterocycles. The molecule has 1 fully saturated rings. The second kappa shape index (κ2) is 9.36. The number of hydrogen-bond donors (Lipinski definition) is 4. The Morgan fingerprint density at radius 3 is 2.44 bits per heavy atom. The van der Waals surface area contributed by atoms with Crippen molar-refractivity contribution in [1.82, 2.24) is 15.5 Å². The number of carbonyl (C=O) groups is 4. The zero-order valence-electron chi connectivity index (χ0n) is 14.9. The fourth-order valence-electron chi connectivity index (χ4n) is 2.80. The minimum Gasteiger partial charge on any atom is -0.480 e. The fourth-order valence-corrected chi connectivity index (χ4v) is 2.80. The summed E-state index contributed by atoms with van der Waals surface area (Å²) in [4.78, 5) is 48.4. The molecule has 0 saturated carbocycles. The van der Waals surface area contributed by atoms with Crippen LogP contribution in [0.5, 0.6) is 0 Å². The first-order chi connectivity index (χ1) is 11.6. The molecule has 0 aliphatic carbocycles. The number of rotatable bonds is 8. The molecule has 9 heteroatoms. The number of carboxylic acids is 1. The molecule has 1 aliphatic heterocycles. The lowest BCUT2D eigenvalue weighted by atomic mass is 10.0. The van der Waals surface area contributed by atoms with Gasteiger partial charge in [0.1, 0.15) is 12.1 Å². The van der Waals surface area contributed by atoms with Crippen molar-refractivity contribution in [3.8, 4) is 0 Å². The van der Waals surface area contributed by atoms with Gasteiger partial charge in [-0.1, -0.05) is 13.8 Å². The maximum Gasteiger partial charge on any atom is 0.326 e. The molecule has 142 valence electrons. The lowest BCUT2D eigenvalue weighted by Gasteiger charge is -2.25. The number of carboxylic acid groups (broad SMARTS) is 1. The maximum absolute atomic E-state index is 12.3. The topological polar surface area (TPSA) is 142 Å². The van der Waals surface area contributed by atoms with Crippen LogP contribution in [-0.4, -0.2) is 64.9 Å². The van der Waals surface area contributed by atoms with Crippen LogP contribution in [0.15, 0.2) is 0 Å². The molecule has 0 aromatic rings. The molecule has 9 nitrogen and oxygen atoms in total. The Kier molecular flexibility index (Phi) is 7.82. The van der Waals surface area contributed by atoms with Gasteiger partial charge in [-0.15, -0.1) is 0 Å². The van der Waals surface area contributed by atoms with E-state index >= 15 is 0 Å². The number of amides is 3.